The molecule has 0 spiro atoms. The Kier molecular flexibility index (Phi) is 5.18. The Hall–Kier alpha value is -3.46. The first-order valence-corrected chi connectivity index (χ1v) is 13.4. The SMILES string of the molecule is Cc1c2c(c(CC(C)(C)C)c3ncccc13)Oc1cc3cc(CC(C)(C)C)ccc3c3cc[n+](C)c-2c13. The monoisotopic (exact) mass is 489 g/mol. The van der Waals surface area contributed by atoms with Gasteiger partial charge in [0.05, 0.1) is 16.5 Å². The number of ether oxygens (including phenoxy) is 1. The zero-order valence-electron chi connectivity index (χ0n) is 23.4. The fraction of sp³-hybridized carbons (Fsp3) is 0.353. The number of benzene rings is 3. The van der Waals surface area contributed by atoms with Crippen LogP contribution >= 0.6 is 0 Å². The van der Waals surface area contributed by atoms with Crippen molar-refractivity contribution in [2.75, 3.05) is 0 Å². The van der Waals surface area contributed by atoms with Gasteiger partial charge in [-0.05, 0) is 64.6 Å². The van der Waals surface area contributed by atoms with Gasteiger partial charge in [-0.15, -0.1) is 0 Å². The predicted molar refractivity (Wildman–Crippen MR) is 154 cm³/mol. The van der Waals surface area contributed by atoms with E-state index in [-0.39, 0.29) is 10.8 Å². The number of hydrogen-bond donors (Lipinski definition) is 0. The number of aromatic nitrogens is 2. The number of fused-ring (bicyclic) bond motifs is 5. The molecule has 1 aliphatic heterocycles. The third-order valence-corrected chi connectivity index (χ3v) is 7.53. The minimum atomic E-state index is 0.0938. The molecule has 0 atom stereocenters. The molecule has 0 unspecified atom stereocenters. The Morgan fingerprint density at radius 1 is 0.865 bits per heavy atom. The van der Waals surface area contributed by atoms with E-state index in [1.807, 2.05) is 12.3 Å². The number of rotatable bonds is 2. The molecule has 5 aromatic rings. The van der Waals surface area contributed by atoms with Crippen molar-refractivity contribution in [3.63, 3.8) is 0 Å². The van der Waals surface area contributed by atoms with Gasteiger partial charge in [-0.3, -0.25) is 4.98 Å². The molecule has 0 aliphatic carbocycles. The summed E-state index contributed by atoms with van der Waals surface area (Å²) in [4.78, 5) is 4.87. The average molecular weight is 490 g/mol. The summed E-state index contributed by atoms with van der Waals surface area (Å²) in [6, 6.07) is 15.7. The molecule has 0 radical (unpaired) electrons. The maximum atomic E-state index is 6.97. The molecule has 188 valence electrons. The predicted octanol–water partition coefficient (Wildman–Crippen LogP) is 8.62. The molecule has 0 fully saturated rings. The molecule has 6 rings (SSSR count). The van der Waals surface area contributed by atoms with Crippen LogP contribution in [-0.2, 0) is 19.9 Å². The van der Waals surface area contributed by atoms with E-state index in [0.29, 0.717) is 0 Å². The first kappa shape index (κ1) is 23.9. The Morgan fingerprint density at radius 3 is 2.35 bits per heavy atom. The lowest BCUT2D eigenvalue weighted by atomic mass is 9.82. The van der Waals surface area contributed by atoms with Gasteiger partial charge in [-0.1, -0.05) is 65.8 Å². The topological polar surface area (TPSA) is 26.0 Å². The molecule has 0 saturated carbocycles. The molecule has 3 heteroatoms. The van der Waals surface area contributed by atoms with Gasteiger partial charge in [-0.25, -0.2) is 4.57 Å². The zero-order chi connectivity index (χ0) is 26.3. The van der Waals surface area contributed by atoms with Crippen LogP contribution in [0.25, 0.3) is 43.7 Å². The lowest BCUT2D eigenvalue weighted by Gasteiger charge is -2.28. The van der Waals surface area contributed by atoms with Crippen LogP contribution in [0.5, 0.6) is 11.5 Å². The van der Waals surface area contributed by atoms with Gasteiger partial charge in [0.1, 0.15) is 18.5 Å². The second-order valence-corrected chi connectivity index (χ2v) is 13.3. The van der Waals surface area contributed by atoms with E-state index in [1.54, 1.807) is 0 Å². The van der Waals surface area contributed by atoms with E-state index >= 15 is 0 Å². The highest BCUT2D eigenvalue weighted by Crippen LogP contribution is 2.52. The van der Waals surface area contributed by atoms with Crippen molar-refractivity contribution in [2.45, 2.75) is 61.3 Å². The summed E-state index contributed by atoms with van der Waals surface area (Å²) in [5, 5.41) is 6.16. The molecule has 3 nitrogen and oxygen atoms in total. The summed E-state index contributed by atoms with van der Waals surface area (Å²) in [5.41, 5.74) is 7.61. The van der Waals surface area contributed by atoms with E-state index in [0.717, 1.165) is 29.9 Å². The molecule has 0 bridgehead atoms. The highest BCUT2D eigenvalue weighted by Gasteiger charge is 2.34. The molecule has 2 aromatic heterocycles. The van der Waals surface area contributed by atoms with Gasteiger partial charge < -0.3 is 4.74 Å². The third-order valence-electron chi connectivity index (χ3n) is 7.53. The molecule has 37 heavy (non-hydrogen) atoms. The summed E-state index contributed by atoms with van der Waals surface area (Å²) in [6.45, 7) is 16.0. The van der Waals surface area contributed by atoms with Crippen molar-refractivity contribution in [2.24, 2.45) is 17.9 Å². The van der Waals surface area contributed by atoms with Crippen LogP contribution in [0.2, 0.25) is 0 Å². The Balaban J connectivity index is 1.71. The highest BCUT2D eigenvalue weighted by atomic mass is 16.5. The Morgan fingerprint density at radius 2 is 1.62 bits per heavy atom. The second kappa shape index (κ2) is 8.02. The van der Waals surface area contributed by atoms with Crippen molar-refractivity contribution in [1.29, 1.82) is 0 Å². The molecule has 0 saturated heterocycles. The van der Waals surface area contributed by atoms with Crippen molar-refractivity contribution in [1.82, 2.24) is 4.98 Å². The molecule has 1 aliphatic rings. The molecule has 3 aromatic carbocycles. The minimum absolute atomic E-state index is 0.0938. The lowest BCUT2D eigenvalue weighted by Crippen LogP contribution is -2.32. The average Bonchev–Trinajstić information content (AvgIpc) is 2.81. The first-order valence-electron chi connectivity index (χ1n) is 13.4. The van der Waals surface area contributed by atoms with E-state index in [4.69, 9.17) is 9.72 Å². The van der Waals surface area contributed by atoms with Gasteiger partial charge in [0.25, 0.3) is 0 Å². The van der Waals surface area contributed by atoms with Gasteiger partial charge in [0.2, 0.25) is 5.69 Å². The summed E-state index contributed by atoms with van der Waals surface area (Å²) >= 11 is 0. The molecule has 0 amide bonds. The molecular weight excluding hydrogens is 452 g/mol. The quantitative estimate of drug-likeness (QED) is 0.180. The van der Waals surface area contributed by atoms with Crippen LogP contribution in [0.15, 0.2) is 54.9 Å². The van der Waals surface area contributed by atoms with Crippen molar-refractivity contribution in [3.05, 3.63) is 71.5 Å². The van der Waals surface area contributed by atoms with Gasteiger partial charge in [-0.2, -0.15) is 0 Å². The number of pyridine rings is 2. The second-order valence-electron chi connectivity index (χ2n) is 13.3. The molecular formula is C34H37N2O+. The maximum Gasteiger partial charge on any atom is 0.228 e. The Bertz CT molecular complexity index is 1730. The molecule has 3 heterocycles. The first-order chi connectivity index (χ1) is 17.4. The van der Waals surface area contributed by atoms with E-state index in [1.165, 1.54) is 54.9 Å². The van der Waals surface area contributed by atoms with Crippen molar-refractivity contribution >= 4 is 32.4 Å². The van der Waals surface area contributed by atoms with Crippen LogP contribution in [0.3, 0.4) is 0 Å². The summed E-state index contributed by atoms with van der Waals surface area (Å²) in [6.07, 6.45) is 6.04. The third kappa shape index (κ3) is 3.96. The summed E-state index contributed by atoms with van der Waals surface area (Å²) < 4.78 is 9.23. The van der Waals surface area contributed by atoms with Gasteiger partial charge in [0, 0.05) is 28.6 Å². The van der Waals surface area contributed by atoms with Crippen molar-refractivity contribution < 1.29 is 9.30 Å². The minimum Gasteiger partial charge on any atom is -0.455 e. The zero-order valence-corrected chi connectivity index (χ0v) is 23.4. The standard InChI is InChI=1S/C34H37N2O/c1-20-23-10-9-14-35-30(23)26(19-34(5,6)7)32-28(20)31-29-25(13-15-36(31)8)24-12-11-21(18-33(2,3)4)16-22(24)17-27(29)37-32/h9-17H,18-19H2,1-8H3/q+1. The Labute approximate surface area is 220 Å². The smallest absolute Gasteiger partial charge is 0.228 e. The maximum absolute atomic E-state index is 6.97. The van der Waals surface area contributed by atoms with Crippen LogP contribution in [0.1, 0.15) is 58.2 Å². The number of hydrogen-bond acceptors (Lipinski definition) is 2. The van der Waals surface area contributed by atoms with Crippen LogP contribution in [0, 0.1) is 17.8 Å². The largest absolute Gasteiger partial charge is 0.455 e. The van der Waals surface area contributed by atoms with Crippen LogP contribution in [-0.4, -0.2) is 4.98 Å². The summed E-state index contributed by atoms with van der Waals surface area (Å²) in [7, 11) is 2.15. The van der Waals surface area contributed by atoms with Crippen LogP contribution < -0.4 is 9.30 Å². The number of nitrogens with zero attached hydrogens (tertiary/aromatic N) is 2. The van der Waals surface area contributed by atoms with E-state index in [9.17, 15) is 0 Å². The fourth-order valence-corrected chi connectivity index (χ4v) is 6.13. The normalized spacial score (nSPS) is 13.3. The summed E-state index contributed by atoms with van der Waals surface area (Å²) in [5.74, 6) is 1.92. The lowest BCUT2D eigenvalue weighted by molar-refractivity contribution is -0.659. The van der Waals surface area contributed by atoms with Crippen LogP contribution in [0.4, 0.5) is 0 Å². The highest BCUT2D eigenvalue weighted by molar-refractivity contribution is 6.16. The molecule has 0 N–H and O–H groups in total. The van der Waals surface area contributed by atoms with Crippen molar-refractivity contribution in [3.8, 4) is 22.8 Å². The number of aryl methyl sites for hydroxylation is 2. The van der Waals surface area contributed by atoms with Gasteiger partial charge >= 0.3 is 0 Å². The van der Waals surface area contributed by atoms with Gasteiger partial charge in [0.15, 0.2) is 6.20 Å². The van der Waals surface area contributed by atoms with E-state index < -0.39 is 0 Å². The fourth-order valence-electron chi connectivity index (χ4n) is 6.13. The van der Waals surface area contributed by atoms with E-state index in [2.05, 4.69) is 103 Å².